The molecule has 1 aromatic heterocycles. The van der Waals surface area contributed by atoms with E-state index in [4.69, 9.17) is 11.6 Å². The first-order valence-electron chi connectivity index (χ1n) is 7.71. The van der Waals surface area contributed by atoms with Gasteiger partial charge in [-0.1, -0.05) is 30.2 Å². The van der Waals surface area contributed by atoms with Gasteiger partial charge in [-0.25, -0.2) is 4.98 Å². The molecular weight excluding hydrogens is 316 g/mol. The zero-order chi connectivity index (χ0) is 15.1. The van der Waals surface area contributed by atoms with E-state index in [1.165, 1.54) is 30.6 Å². The minimum absolute atomic E-state index is 0.157. The van der Waals surface area contributed by atoms with E-state index in [-0.39, 0.29) is 11.8 Å². The smallest absolute Gasteiger partial charge is 0.229 e. The van der Waals surface area contributed by atoms with Crippen LogP contribution in [-0.4, -0.2) is 10.9 Å². The Labute approximate surface area is 138 Å². The number of halogens is 1. The molecule has 0 radical (unpaired) electrons. The maximum absolute atomic E-state index is 12.4. The topological polar surface area (TPSA) is 42.0 Å². The number of anilines is 1. The summed E-state index contributed by atoms with van der Waals surface area (Å²) < 4.78 is 0. The average molecular weight is 333 g/mol. The molecule has 1 aromatic carbocycles. The summed E-state index contributed by atoms with van der Waals surface area (Å²) in [5, 5.41) is 6.39. The first-order valence-corrected chi connectivity index (χ1v) is 8.97. The van der Waals surface area contributed by atoms with Gasteiger partial charge in [0.1, 0.15) is 0 Å². The fraction of sp³-hybridized carbons (Fsp3) is 0.412. The standard InChI is InChI=1S/C17H17ClN2OS/c18-13-5-3-11(4-6-13)15-9-22-17(19-15)20-16(21)14-8-10-1-2-12(14)7-10/h3-6,9-10,12,14H,1-2,7-8H2,(H,19,20,21)/t10-,12-,14+/m1/s1. The van der Waals surface area contributed by atoms with E-state index in [1.54, 1.807) is 0 Å². The van der Waals surface area contributed by atoms with E-state index in [9.17, 15) is 4.79 Å². The highest BCUT2D eigenvalue weighted by molar-refractivity contribution is 7.14. The van der Waals surface area contributed by atoms with E-state index in [0.717, 1.165) is 23.6 Å². The Morgan fingerprint density at radius 3 is 2.73 bits per heavy atom. The predicted octanol–water partition coefficient (Wildman–Crippen LogP) is 4.84. The van der Waals surface area contributed by atoms with Gasteiger partial charge in [0.25, 0.3) is 0 Å². The molecule has 2 aromatic rings. The maximum atomic E-state index is 12.4. The van der Waals surface area contributed by atoms with Crippen molar-refractivity contribution in [3.05, 3.63) is 34.7 Å². The molecule has 1 amide bonds. The molecule has 2 bridgehead atoms. The van der Waals surface area contributed by atoms with Gasteiger partial charge in [0, 0.05) is 21.9 Å². The molecule has 2 aliphatic rings. The normalized spacial score (nSPS) is 26.3. The van der Waals surface area contributed by atoms with Crippen LogP contribution in [0.2, 0.25) is 5.02 Å². The second-order valence-corrected chi connectivity index (χ2v) is 7.61. The molecule has 0 saturated heterocycles. The van der Waals surface area contributed by atoms with Crippen LogP contribution in [0.3, 0.4) is 0 Å². The number of nitrogens with one attached hydrogen (secondary N) is 1. The van der Waals surface area contributed by atoms with Crippen molar-refractivity contribution in [3.8, 4) is 11.3 Å². The van der Waals surface area contributed by atoms with Gasteiger partial charge in [-0.2, -0.15) is 0 Å². The van der Waals surface area contributed by atoms with Gasteiger partial charge < -0.3 is 5.32 Å². The number of fused-ring (bicyclic) bond motifs is 2. The predicted molar refractivity (Wildman–Crippen MR) is 90.1 cm³/mol. The quantitative estimate of drug-likeness (QED) is 0.874. The SMILES string of the molecule is O=C(Nc1nc(-c2ccc(Cl)cc2)cs1)[C@H]1C[C@@H]2CC[C@@H]1C2. The first-order chi connectivity index (χ1) is 10.7. The number of benzene rings is 1. The van der Waals surface area contributed by atoms with Gasteiger partial charge in [-0.3, -0.25) is 4.79 Å². The Bertz CT molecular complexity index is 697. The van der Waals surface area contributed by atoms with Crippen molar-refractivity contribution in [3.63, 3.8) is 0 Å². The van der Waals surface area contributed by atoms with Crippen LogP contribution in [0.1, 0.15) is 25.7 Å². The summed E-state index contributed by atoms with van der Waals surface area (Å²) in [7, 11) is 0. The molecule has 114 valence electrons. The van der Waals surface area contributed by atoms with Crippen molar-refractivity contribution < 1.29 is 4.79 Å². The van der Waals surface area contributed by atoms with Crippen LogP contribution in [0.5, 0.6) is 0 Å². The molecule has 4 rings (SSSR count). The molecule has 0 spiro atoms. The summed E-state index contributed by atoms with van der Waals surface area (Å²) in [6.45, 7) is 0. The summed E-state index contributed by atoms with van der Waals surface area (Å²) in [4.78, 5) is 17.0. The van der Waals surface area contributed by atoms with Gasteiger partial charge in [0.2, 0.25) is 5.91 Å². The number of hydrogen-bond acceptors (Lipinski definition) is 3. The van der Waals surface area contributed by atoms with E-state index in [2.05, 4.69) is 10.3 Å². The van der Waals surface area contributed by atoms with Crippen LogP contribution in [0.4, 0.5) is 5.13 Å². The monoisotopic (exact) mass is 332 g/mol. The zero-order valence-corrected chi connectivity index (χ0v) is 13.7. The highest BCUT2D eigenvalue weighted by atomic mass is 35.5. The van der Waals surface area contributed by atoms with Crippen LogP contribution >= 0.6 is 22.9 Å². The molecule has 0 aliphatic heterocycles. The second-order valence-electron chi connectivity index (χ2n) is 6.32. The molecule has 2 saturated carbocycles. The van der Waals surface area contributed by atoms with Crippen molar-refractivity contribution in [1.82, 2.24) is 4.98 Å². The number of amides is 1. The van der Waals surface area contributed by atoms with Crippen LogP contribution in [-0.2, 0) is 4.79 Å². The summed E-state index contributed by atoms with van der Waals surface area (Å²) in [6, 6.07) is 7.59. The van der Waals surface area contributed by atoms with E-state index < -0.39 is 0 Å². The summed E-state index contributed by atoms with van der Waals surface area (Å²) in [5.74, 6) is 1.73. The average Bonchev–Trinajstić information content (AvgIpc) is 3.24. The number of hydrogen-bond donors (Lipinski definition) is 1. The lowest BCUT2D eigenvalue weighted by Crippen LogP contribution is -2.27. The van der Waals surface area contributed by atoms with Crippen LogP contribution in [0.15, 0.2) is 29.6 Å². The van der Waals surface area contributed by atoms with Crippen LogP contribution < -0.4 is 5.32 Å². The Hall–Kier alpha value is -1.39. The minimum Gasteiger partial charge on any atom is -0.302 e. The molecule has 3 atom stereocenters. The summed E-state index contributed by atoms with van der Waals surface area (Å²) in [6.07, 6.45) is 4.83. The number of aromatic nitrogens is 1. The van der Waals surface area contributed by atoms with Gasteiger partial charge in [-0.15, -0.1) is 11.3 Å². The van der Waals surface area contributed by atoms with Crippen molar-refractivity contribution in [2.75, 3.05) is 5.32 Å². The van der Waals surface area contributed by atoms with Gasteiger partial charge in [0.05, 0.1) is 5.69 Å². The lowest BCUT2D eigenvalue weighted by atomic mass is 9.88. The molecule has 5 heteroatoms. The molecule has 1 heterocycles. The summed E-state index contributed by atoms with van der Waals surface area (Å²) >= 11 is 7.38. The van der Waals surface area contributed by atoms with Crippen molar-refractivity contribution >= 4 is 34.0 Å². The fourth-order valence-electron chi connectivity index (χ4n) is 3.85. The van der Waals surface area contributed by atoms with Crippen LogP contribution in [0.25, 0.3) is 11.3 Å². The van der Waals surface area contributed by atoms with Crippen molar-refractivity contribution in [2.45, 2.75) is 25.7 Å². The molecule has 2 aliphatic carbocycles. The largest absolute Gasteiger partial charge is 0.302 e. The number of rotatable bonds is 3. The van der Waals surface area contributed by atoms with Crippen LogP contribution in [0, 0.1) is 17.8 Å². The lowest BCUT2D eigenvalue weighted by Gasteiger charge is -2.19. The third-order valence-corrected chi connectivity index (χ3v) is 5.96. The van der Waals surface area contributed by atoms with Crippen molar-refractivity contribution in [1.29, 1.82) is 0 Å². The van der Waals surface area contributed by atoms with E-state index in [1.807, 2.05) is 29.6 Å². The lowest BCUT2D eigenvalue weighted by molar-refractivity contribution is -0.121. The third kappa shape index (κ3) is 2.66. The maximum Gasteiger partial charge on any atom is 0.229 e. The number of carbonyl (C=O) groups is 1. The zero-order valence-electron chi connectivity index (χ0n) is 12.1. The van der Waals surface area contributed by atoms with Gasteiger partial charge >= 0.3 is 0 Å². The number of nitrogens with zero attached hydrogens (tertiary/aromatic N) is 1. The minimum atomic E-state index is 0.157. The first kappa shape index (κ1) is 14.2. The number of thiazole rings is 1. The summed E-state index contributed by atoms with van der Waals surface area (Å²) in [5.41, 5.74) is 1.89. The van der Waals surface area contributed by atoms with Gasteiger partial charge in [-0.05, 0) is 43.2 Å². The molecule has 3 nitrogen and oxygen atoms in total. The van der Waals surface area contributed by atoms with Gasteiger partial charge in [0.15, 0.2) is 5.13 Å². The Kier molecular flexibility index (Phi) is 3.66. The van der Waals surface area contributed by atoms with E-state index >= 15 is 0 Å². The van der Waals surface area contributed by atoms with Crippen molar-refractivity contribution in [2.24, 2.45) is 17.8 Å². The van der Waals surface area contributed by atoms with E-state index in [0.29, 0.717) is 16.1 Å². The molecular formula is C17H17ClN2OS. The third-order valence-electron chi connectivity index (χ3n) is 4.95. The Morgan fingerprint density at radius 1 is 1.23 bits per heavy atom. The molecule has 1 N–H and O–H groups in total. The molecule has 2 fully saturated rings. The Morgan fingerprint density at radius 2 is 2.05 bits per heavy atom. The molecule has 22 heavy (non-hydrogen) atoms. The highest BCUT2D eigenvalue weighted by Gasteiger charge is 2.43. The highest BCUT2D eigenvalue weighted by Crippen LogP contribution is 2.48. The Balaban J connectivity index is 1.45. The molecule has 0 unspecified atom stereocenters. The fourth-order valence-corrected chi connectivity index (χ4v) is 4.70. The number of carbonyl (C=O) groups excluding carboxylic acids is 1. The second kappa shape index (κ2) is 5.67.